The van der Waals surface area contributed by atoms with E-state index >= 15 is 0 Å². The van der Waals surface area contributed by atoms with Crippen LogP contribution in [0.25, 0.3) is 0 Å². The first-order valence-electron chi connectivity index (χ1n) is 14.7. The van der Waals surface area contributed by atoms with Crippen molar-refractivity contribution >= 4 is 11.8 Å². The van der Waals surface area contributed by atoms with Crippen molar-refractivity contribution in [2.75, 3.05) is 6.61 Å². The van der Waals surface area contributed by atoms with E-state index in [9.17, 15) is 0 Å². The van der Waals surface area contributed by atoms with Gasteiger partial charge in [-0.15, -0.1) is 11.8 Å². The topological polar surface area (TPSA) is 9.23 Å². The van der Waals surface area contributed by atoms with Crippen LogP contribution in [0.15, 0.2) is 54.6 Å². The molecule has 196 valence electrons. The molecule has 0 aliphatic heterocycles. The van der Waals surface area contributed by atoms with Crippen molar-refractivity contribution in [3.05, 3.63) is 65.7 Å². The van der Waals surface area contributed by atoms with Crippen molar-refractivity contribution in [2.45, 2.75) is 128 Å². The maximum Gasteiger partial charge on any atom is 0.119 e. The molecule has 0 saturated heterocycles. The summed E-state index contributed by atoms with van der Waals surface area (Å²) in [6, 6.07) is 19.5. The van der Waals surface area contributed by atoms with Crippen LogP contribution in [0.2, 0.25) is 0 Å². The van der Waals surface area contributed by atoms with Gasteiger partial charge in [0.15, 0.2) is 0 Å². The summed E-state index contributed by atoms with van der Waals surface area (Å²) >= 11 is 1.99. The summed E-state index contributed by atoms with van der Waals surface area (Å²) in [5.41, 5.74) is 2.77. The van der Waals surface area contributed by atoms with Crippen molar-refractivity contribution in [3.63, 3.8) is 0 Å². The molecule has 0 aliphatic carbocycles. The normalized spacial score (nSPS) is 12.1. The van der Waals surface area contributed by atoms with Gasteiger partial charge in [0, 0.05) is 11.0 Å². The Hall–Kier alpha value is -1.41. The Labute approximate surface area is 221 Å². The largest absolute Gasteiger partial charge is 0.494 e. The Balaban J connectivity index is 1.38. The molecule has 2 heteroatoms. The van der Waals surface area contributed by atoms with E-state index in [2.05, 4.69) is 68.4 Å². The van der Waals surface area contributed by atoms with E-state index in [1.165, 1.54) is 114 Å². The van der Waals surface area contributed by atoms with E-state index in [1.54, 1.807) is 0 Å². The lowest BCUT2D eigenvalue weighted by Crippen LogP contribution is -1.98. The van der Waals surface area contributed by atoms with Gasteiger partial charge in [-0.05, 0) is 36.6 Å². The molecule has 2 rings (SSSR count). The molecule has 0 N–H and O–H groups in total. The highest BCUT2D eigenvalue weighted by atomic mass is 32.2. The van der Waals surface area contributed by atoms with Crippen LogP contribution in [0.4, 0.5) is 0 Å². The number of ether oxygens (including phenoxy) is 1. The molecule has 0 radical (unpaired) electrons. The molecule has 0 spiro atoms. The molecule has 0 aromatic heterocycles. The van der Waals surface area contributed by atoms with Gasteiger partial charge in [0.1, 0.15) is 5.75 Å². The first-order valence-corrected chi connectivity index (χ1v) is 15.7. The molecule has 2 aromatic carbocycles. The molecule has 0 amide bonds. The quantitative estimate of drug-likeness (QED) is 0.150. The summed E-state index contributed by atoms with van der Waals surface area (Å²) < 4.78 is 5.98. The van der Waals surface area contributed by atoms with E-state index < -0.39 is 0 Å². The van der Waals surface area contributed by atoms with E-state index in [-0.39, 0.29) is 0 Å². The SMILES string of the molecule is CCCCCCCCCCCCCCCCCCOc1ccc(C(C)SCc2ccccc2)cc1. The van der Waals surface area contributed by atoms with Crippen LogP contribution in [0.3, 0.4) is 0 Å². The first kappa shape index (κ1) is 29.8. The summed E-state index contributed by atoms with van der Waals surface area (Å²) in [6.07, 6.45) is 22.5. The van der Waals surface area contributed by atoms with Gasteiger partial charge in [0.05, 0.1) is 6.61 Å². The van der Waals surface area contributed by atoms with E-state index in [4.69, 9.17) is 4.74 Å². The molecule has 0 saturated carbocycles. The van der Waals surface area contributed by atoms with Crippen molar-refractivity contribution < 1.29 is 4.74 Å². The van der Waals surface area contributed by atoms with Crippen LogP contribution < -0.4 is 4.74 Å². The van der Waals surface area contributed by atoms with Crippen molar-refractivity contribution in [1.82, 2.24) is 0 Å². The summed E-state index contributed by atoms with van der Waals surface area (Å²) in [7, 11) is 0. The second-order valence-electron chi connectivity index (χ2n) is 10.2. The average molecular weight is 497 g/mol. The second-order valence-corrected chi connectivity index (χ2v) is 11.5. The molecule has 0 aliphatic rings. The summed E-state index contributed by atoms with van der Waals surface area (Å²) in [6.45, 7) is 5.43. The average Bonchev–Trinajstić information content (AvgIpc) is 2.90. The van der Waals surface area contributed by atoms with Gasteiger partial charge < -0.3 is 4.74 Å². The summed E-state index contributed by atoms with van der Waals surface area (Å²) in [4.78, 5) is 0. The van der Waals surface area contributed by atoms with Gasteiger partial charge in [0.2, 0.25) is 0 Å². The Morgan fingerprint density at radius 1 is 0.600 bits per heavy atom. The third kappa shape index (κ3) is 15.3. The molecule has 2 aromatic rings. The summed E-state index contributed by atoms with van der Waals surface area (Å²) in [5, 5.41) is 0.490. The minimum absolute atomic E-state index is 0.490. The van der Waals surface area contributed by atoms with E-state index in [0.717, 1.165) is 18.1 Å². The third-order valence-corrected chi connectivity index (χ3v) is 8.23. The predicted molar refractivity (Wildman–Crippen MR) is 158 cm³/mol. The maximum atomic E-state index is 5.98. The smallest absolute Gasteiger partial charge is 0.119 e. The standard InChI is InChI=1S/C33H52OS/c1-3-4-5-6-7-8-9-10-11-12-13-14-15-16-17-21-28-34-33-26-24-32(25-27-33)30(2)35-29-31-22-19-18-20-23-31/h18-20,22-27,30H,3-17,21,28-29H2,1-2H3. The lowest BCUT2D eigenvalue weighted by Gasteiger charge is -2.13. The number of hydrogen-bond acceptors (Lipinski definition) is 2. The van der Waals surface area contributed by atoms with Crippen LogP contribution in [0.5, 0.6) is 5.75 Å². The Morgan fingerprint density at radius 3 is 1.60 bits per heavy atom. The fraction of sp³-hybridized carbons (Fsp3) is 0.636. The predicted octanol–water partition coefficient (Wildman–Crippen LogP) is 11.3. The maximum absolute atomic E-state index is 5.98. The molecule has 35 heavy (non-hydrogen) atoms. The number of thioether (sulfide) groups is 1. The van der Waals surface area contributed by atoms with Crippen molar-refractivity contribution in [1.29, 1.82) is 0 Å². The lowest BCUT2D eigenvalue weighted by atomic mass is 10.0. The van der Waals surface area contributed by atoms with Gasteiger partial charge in [0.25, 0.3) is 0 Å². The Bertz CT molecular complexity index is 712. The highest BCUT2D eigenvalue weighted by molar-refractivity contribution is 7.98. The number of hydrogen-bond donors (Lipinski definition) is 0. The Morgan fingerprint density at radius 2 is 1.09 bits per heavy atom. The fourth-order valence-electron chi connectivity index (χ4n) is 4.57. The second kappa shape index (κ2) is 20.7. The number of benzene rings is 2. The summed E-state index contributed by atoms with van der Waals surface area (Å²) in [5.74, 6) is 2.06. The van der Waals surface area contributed by atoms with Gasteiger partial charge >= 0.3 is 0 Å². The van der Waals surface area contributed by atoms with Crippen LogP contribution in [0, 0.1) is 0 Å². The molecule has 1 atom stereocenters. The van der Waals surface area contributed by atoms with E-state index in [0.29, 0.717) is 5.25 Å². The molecule has 1 nitrogen and oxygen atoms in total. The zero-order chi connectivity index (χ0) is 24.8. The molecular formula is C33H52OS. The van der Waals surface area contributed by atoms with E-state index in [1.807, 2.05) is 11.8 Å². The lowest BCUT2D eigenvalue weighted by molar-refractivity contribution is 0.304. The molecule has 1 unspecified atom stereocenters. The van der Waals surface area contributed by atoms with Crippen LogP contribution in [-0.2, 0) is 5.75 Å². The van der Waals surface area contributed by atoms with Gasteiger partial charge in [-0.2, -0.15) is 0 Å². The van der Waals surface area contributed by atoms with Gasteiger partial charge in [-0.1, -0.05) is 146 Å². The molecular weight excluding hydrogens is 444 g/mol. The third-order valence-electron chi connectivity index (χ3n) is 6.96. The van der Waals surface area contributed by atoms with Crippen molar-refractivity contribution in [3.8, 4) is 5.75 Å². The van der Waals surface area contributed by atoms with Crippen LogP contribution in [0.1, 0.15) is 133 Å². The number of rotatable bonds is 22. The van der Waals surface area contributed by atoms with Crippen molar-refractivity contribution in [2.24, 2.45) is 0 Å². The van der Waals surface area contributed by atoms with Crippen LogP contribution >= 0.6 is 11.8 Å². The minimum Gasteiger partial charge on any atom is -0.494 e. The zero-order valence-electron chi connectivity index (χ0n) is 22.8. The highest BCUT2D eigenvalue weighted by Crippen LogP contribution is 2.31. The van der Waals surface area contributed by atoms with Gasteiger partial charge in [-0.25, -0.2) is 0 Å². The van der Waals surface area contributed by atoms with Gasteiger partial charge in [-0.3, -0.25) is 0 Å². The zero-order valence-corrected chi connectivity index (χ0v) is 23.6. The number of unbranched alkanes of at least 4 members (excludes halogenated alkanes) is 15. The first-order chi connectivity index (χ1) is 17.3. The highest BCUT2D eigenvalue weighted by Gasteiger charge is 2.07. The molecule has 0 fully saturated rings. The Kier molecular flexibility index (Phi) is 17.7. The monoisotopic (exact) mass is 496 g/mol. The minimum atomic E-state index is 0.490. The van der Waals surface area contributed by atoms with Crippen LogP contribution in [-0.4, -0.2) is 6.61 Å². The molecule has 0 heterocycles. The molecule has 0 bridgehead atoms. The fourth-order valence-corrected chi connectivity index (χ4v) is 5.55.